The van der Waals surface area contributed by atoms with Gasteiger partial charge < -0.3 is 5.11 Å². The monoisotopic (exact) mass is 250 g/mol. The van der Waals surface area contributed by atoms with Crippen molar-refractivity contribution in [2.45, 2.75) is 32.1 Å². The molecular weight excluding hydrogens is 232 g/mol. The molecule has 0 aliphatic heterocycles. The highest BCUT2D eigenvalue weighted by molar-refractivity contribution is 5.41. The van der Waals surface area contributed by atoms with Crippen LogP contribution in [0.2, 0.25) is 0 Å². The number of fused-ring (bicyclic) bond motifs is 2. The first-order valence-corrected chi connectivity index (χ1v) is 7.12. The molecule has 0 fully saturated rings. The summed E-state index contributed by atoms with van der Waals surface area (Å²) in [6.45, 7) is 0. The number of phenols is 1. The molecular formula is C18H18O. The van der Waals surface area contributed by atoms with E-state index in [9.17, 15) is 5.11 Å². The van der Waals surface area contributed by atoms with Crippen LogP contribution in [0.1, 0.15) is 28.7 Å². The van der Waals surface area contributed by atoms with E-state index in [1.54, 1.807) is 0 Å². The Morgan fingerprint density at radius 1 is 0.789 bits per heavy atom. The van der Waals surface area contributed by atoms with Gasteiger partial charge in [0.25, 0.3) is 0 Å². The van der Waals surface area contributed by atoms with Gasteiger partial charge in [-0.3, -0.25) is 0 Å². The molecule has 0 saturated heterocycles. The second kappa shape index (κ2) is 3.86. The molecule has 1 N–H and O–H groups in total. The van der Waals surface area contributed by atoms with E-state index in [-0.39, 0.29) is 0 Å². The molecule has 96 valence electrons. The van der Waals surface area contributed by atoms with Crippen molar-refractivity contribution in [2.24, 2.45) is 5.41 Å². The fourth-order valence-electron chi connectivity index (χ4n) is 3.99. The van der Waals surface area contributed by atoms with Gasteiger partial charge in [0.05, 0.1) is 0 Å². The lowest BCUT2D eigenvalue weighted by atomic mass is 9.70. The fraction of sp³-hybridized carbons (Fsp3) is 0.333. The third kappa shape index (κ3) is 1.76. The van der Waals surface area contributed by atoms with Crippen LogP contribution in [0.5, 0.6) is 5.75 Å². The molecule has 2 aliphatic rings. The Kier molecular flexibility index (Phi) is 2.26. The lowest BCUT2D eigenvalue weighted by molar-refractivity contribution is 0.261. The van der Waals surface area contributed by atoms with Crippen LogP contribution in [-0.2, 0) is 25.7 Å². The number of benzene rings is 2. The quantitative estimate of drug-likeness (QED) is 0.756. The highest BCUT2D eigenvalue weighted by Crippen LogP contribution is 2.46. The third-order valence-electron chi connectivity index (χ3n) is 4.93. The molecule has 0 heterocycles. The molecule has 1 spiro atoms. The van der Waals surface area contributed by atoms with Crippen LogP contribution in [0.25, 0.3) is 0 Å². The predicted molar refractivity (Wildman–Crippen MR) is 76.4 cm³/mol. The van der Waals surface area contributed by atoms with Crippen molar-refractivity contribution in [2.75, 3.05) is 0 Å². The number of aryl methyl sites for hydroxylation is 1. The first-order valence-electron chi connectivity index (χ1n) is 7.12. The lowest BCUT2D eigenvalue weighted by Gasteiger charge is -2.34. The van der Waals surface area contributed by atoms with Crippen LogP contribution in [0.4, 0.5) is 0 Å². The number of aromatic hydroxyl groups is 1. The molecule has 2 aromatic rings. The van der Waals surface area contributed by atoms with Crippen molar-refractivity contribution in [1.29, 1.82) is 0 Å². The van der Waals surface area contributed by atoms with Crippen LogP contribution in [0, 0.1) is 5.41 Å². The summed E-state index contributed by atoms with van der Waals surface area (Å²) in [5, 5.41) is 9.69. The Hall–Kier alpha value is -1.76. The molecule has 0 radical (unpaired) electrons. The van der Waals surface area contributed by atoms with Crippen molar-refractivity contribution < 1.29 is 5.11 Å². The molecule has 0 atom stereocenters. The maximum absolute atomic E-state index is 9.69. The summed E-state index contributed by atoms with van der Waals surface area (Å²) in [5.74, 6) is 0.409. The topological polar surface area (TPSA) is 20.2 Å². The van der Waals surface area contributed by atoms with Crippen molar-refractivity contribution in [1.82, 2.24) is 0 Å². The number of phenolic OH excluding ortho intramolecular Hbond substituents is 1. The van der Waals surface area contributed by atoms with Crippen LogP contribution >= 0.6 is 0 Å². The second-order valence-corrected chi connectivity index (χ2v) is 6.25. The van der Waals surface area contributed by atoms with Crippen molar-refractivity contribution in [3.63, 3.8) is 0 Å². The standard InChI is InChI=1S/C18H18O/c19-17-6-5-13-7-8-18(12-16(13)9-17)10-14-3-1-2-4-15(14)11-18/h1-6,9,19H,7-8,10-12H2. The minimum absolute atomic E-state index is 0.407. The Morgan fingerprint density at radius 2 is 1.47 bits per heavy atom. The largest absolute Gasteiger partial charge is 0.508 e. The summed E-state index contributed by atoms with van der Waals surface area (Å²) in [6, 6.07) is 14.8. The van der Waals surface area contributed by atoms with E-state index >= 15 is 0 Å². The summed E-state index contributed by atoms with van der Waals surface area (Å²) < 4.78 is 0. The van der Waals surface area contributed by atoms with Gasteiger partial charge in [-0.2, -0.15) is 0 Å². The van der Waals surface area contributed by atoms with Gasteiger partial charge in [0.15, 0.2) is 0 Å². The summed E-state index contributed by atoms with van der Waals surface area (Å²) >= 11 is 0. The molecule has 2 aliphatic carbocycles. The average Bonchev–Trinajstić information content (AvgIpc) is 2.75. The van der Waals surface area contributed by atoms with Gasteiger partial charge in [-0.05, 0) is 71.9 Å². The zero-order valence-electron chi connectivity index (χ0n) is 11.0. The highest BCUT2D eigenvalue weighted by Gasteiger charge is 2.39. The molecule has 1 nitrogen and oxygen atoms in total. The van der Waals surface area contributed by atoms with Gasteiger partial charge in [0, 0.05) is 0 Å². The van der Waals surface area contributed by atoms with E-state index in [2.05, 4.69) is 30.3 Å². The Morgan fingerprint density at radius 3 is 2.21 bits per heavy atom. The molecule has 19 heavy (non-hydrogen) atoms. The molecule has 0 aromatic heterocycles. The minimum atomic E-state index is 0.407. The second-order valence-electron chi connectivity index (χ2n) is 6.25. The van der Waals surface area contributed by atoms with Gasteiger partial charge in [0.1, 0.15) is 5.75 Å². The van der Waals surface area contributed by atoms with Crippen LogP contribution in [-0.4, -0.2) is 5.11 Å². The van der Waals surface area contributed by atoms with Gasteiger partial charge >= 0.3 is 0 Å². The number of hydrogen-bond donors (Lipinski definition) is 1. The van der Waals surface area contributed by atoms with E-state index in [1.165, 1.54) is 41.5 Å². The van der Waals surface area contributed by atoms with Crippen LogP contribution < -0.4 is 0 Å². The zero-order chi connectivity index (χ0) is 12.9. The molecule has 0 saturated carbocycles. The van der Waals surface area contributed by atoms with E-state index in [1.807, 2.05) is 12.1 Å². The number of rotatable bonds is 0. The van der Waals surface area contributed by atoms with Crippen molar-refractivity contribution in [3.05, 3.63) is 64.7 Å². The predicted octanol–water partition coefficient (Wildman–Crippen LogP) is 3.67. The van der Waals surface area contributed by atoms with Gasteiger partial charge in [-0.25, -0.2) is 0 Å². The lowest BCUT2D eigenvalue weighted by Crippen LogP contribution is -2.29. The van der Waals surface area contributed by atoms with Crippen LogP contribution in [0.3, 0.4) is 0 Å². The molecule has 0 unspecified atom stereocenters. The molecule has 2 aromatic carbocycles. The Labute approximate surface area is 113 Å². The first-order chi connectivity index (χ1) is 9.24. The van der Waals surface area contributed by atoms with Crippen molar-refractivity contribution in [3.8, 4) is 5.75 Å². The fourth-order valence-corrected chi connectivity index (χ4v) is 3.99. The molecule has 4 rings (SSSR count). The summed E-state index contributed by atoms with van der Waals surface area (Å²) in [5.41, 5.74) is 6.26. The molecule has 1 heteroatoms. The maximum Gasteiger partial charge on any atom is 0.115 e. The molecule has 0 bridgehead atoms. The zero-order valence-corrected chi connectivity index (χ0v) is 11.0. The van der Waals surface area contributed by atoms with Gasteiger partial charge in [0.2, 0.25) is 0 Å². The normalized spacial score (nSPS) is 19.2. The third-order valence-corrected chi connectivity index (χ3v) is 4.93. The van der Waals surface area contributed by atoms with Gasteiger partial charge in [-0.1, -0.05) is 30.3 Å². The smallest absolute Gasteiger partial charge is 0.115 e. The van der Waals surface area contributed by atoms with E-state index in [0.29, 0.717) is 11.2 Å². The van der Waals surface area contributed by atoms with Crippen molar-refractivity contribution >= 4 is 0 Å². The average molecular weight is 250 g/mol. The SMILES string of the molecule is Oc1ccc2c(c1)CC1(CC2)Cc2ccccc2C1. The van der Waals surface area contributed by atoms with E-state index in [4.69, 9.17) is 0 Å². The van der Waals surface area contributed by atoms with E-state index < -0.39 is 0 Å². The highest BCUT2D eigenvalue weighted by atomic mass is 16.3. The van der Waals surface area contributed by atoms with E-state index in [0.717, 1.165) is 12.8 Å². The summed E-state index contributed by atoms with van der Waals surface area (Å²) in [4.78, 5) is 0. The Balaban J connectivity index is 1.70. The minimum Gasteiger partial charge on any atom is -0.508 e. The summed E-state index contributed by atoms with van der Waals surface area (Å²) in [6.07, 6.45) is 5.96. The van der Waals surface area contributed by atoms with Gasteiger partial charge in [-0.15, -0.1) is 0 Å². The summed E-state index contributed by atoms with van der Waals surface area (Å²) in [7, 11) is 0. The van der Waals surface area contributed by atoms with Crippen LogP contribution in [0.15, 0.2) is 42.5 Å². The maximum atomic E-state index is 9.69. The Bertz CT molecular complexity index is 617. The molecule has 0 amide bonds. The first kappa shape index (κ1) is 11.1. The number of hydrogen-bond acceptors (Lipinski definition) is 1.